The van der Waals surface area contributed by atoms with Crippen LogP contribution in [0.25, 0.3) is 0 Å². The van der Waals surface area contributed by atoms with Crippen LogP contribution in [0, 0.1) is 5.92 Å². The van der Waals surface area contributed by atoms with Gasteiger partial charge in [0, 0.05) is 0 Å². The van der Waals surface area contributed by atoms with Crippen molar-refractivity contribution in [3.63, 3.8) is 0 Å². The van der Waals surface area contributed by atoms with Crippen LogP contribution in [0.3, 0.4) is 0 Å². The van der Waals surface area contributed by atoms with Crippen LogP contribution >= 0.6 is 0 Å². The van der Waals surface area contributed by atoms with Crippen molar-refractivity contribution < 1.29 is 0 Å². The normalized spacial score (nSPS) is 13.2. The van der Waals surface area contributed by atoms with E-state index in [1.807, 2.05) is 0 Å². The lowest BCUT2D eigenvalue weighted by molar-refractivity contribution is 0.333. The molecule has 1 heteroatoms. The van der Waals surface area contributed by atoms with E-state index >= 15 is 0 Å². The lowest BCUT2D eigenvalue weighted by atomic mass is 9.90. The van der Waals surface area contributed by atoms with Gasteiger partial charge in [-0.2, -0.15) is 0 Å². The highest BCUT2D eigenvalue weighted by molar-refractivity contribution is 4.62. The molecule has 0 fully saturated rings. The molecule has 0 aliphatic heterocycles. The molecular formula is C17H37N. The van der Waals surface area contributed by atoms with E-state index in [2.05, 4.69) is 32.8 Å². The Bertz CT molecular complexity index is 154. The van der Waals surface area contributed by atoms with E-state index in [4.69, 9.17) is 0 Å². The Labute approximate surface area is 116 Å². The van der Waals surface area contributed by atoms with Crippen molar-refractivity contribution in [2.24, 2.45) is 5.92 Å². The molecule has 0 aliphatic carbocycles. The third-order valence-corrected chi connectivity index (χ3v) is 3.90. The summed E-state index contributed by atoms with van der Waals surface area (Å²) in [7, 11) is 4.38. The first-order chi connectivity index (χ1) is 8.70. The Morgan fingerprint density at radius 1 is 0.667 bits per heavy atom. The maximum absolute atomic E-state index is 2.32. The zero-order valence-corrected chi connectivity index (χ0v) is 13.5. The van der Waals surface area contributed by atoms with Gasteiger partial charge in [0.2, 0.25) is 0 Å². The van der Waals surface area contributed by atoms with E-state index in [0.29, 0.717) is 0 Å². The molecule has 18 heavy (non-hydrogen) atoms. The number of nitrogens with zero attached hydrogens (tertiary/aromatic N) is 1. The molecule has 0 saturated heterocycles. The molecule has 0 aliphatic rings. The second-order valence-corrected chi connectivity index (χ2v) is 6.16. The smallest absolute Gasteiger partial charge is 0.00247 e. The van der Waals surface area contributed by atoms with Crippen molar-refractivity contribution in [2.45, 2.75) is 84.5 Å². The Morgan fingerprint density at radius 2 is 1.17 bits per heavy atom. The van der Waals surface area contributed by atoms with Gasteiger partial charge < -0.3 is 4.90 Å². The average Bonchev–Trinajstić information content (AvgIpc) is 2.33. The maximum atomic E-state index is 2.32. The predicted molar refractivity (Wildman–Crippen MR) is 84.2 cm³/mol. The van der Waals surface area contributed by atoms with Crippen molar-refractivity contribution in [1.29, 1.82) is 0 Å². The van der Waals surface area contributed by atoms with Crippen molar-refractivity contribution in [1.82, 2.24) is 4.90 Å². The second-order valence-electron chi connectivity index (χ2n) is 6.16. The van der Waals surface area contributed by atoms with Crippen LogP contribution in [0.5, 0.6) is 0 Å². The number of hydrogen-bond donors (Lipinski definition) is 0. The Hall–Kier alpha value is -0.0400. The summed E-state index contributed by atoms with van der Waals surface area (Å²) in [6.45, 7) is 5.87. The number of rotatable bonds is 13. The van der Waals surface area contributed by atoms with E-state index in [1.54, 1.807) is 0 Å². The van der Waals surface area contributed by atoms with E-state index in [0.717, 1.165) is 5.92 Å². The monoisotopic (exact) mass is 255 g/mol. The molecule has 1 nitrogen and oxygen atoms in total. The van der Waals surface area contributed by atoms with Crippen molar-refractivity contribution in [3.05, 3.63) is 0 Å². The van der Waals surface area contributed by atoms with Gasteiger partial charge in [0.25, 0.3) is 0 Å². The zero-order valence-electron chi connectivity index (χ0n) is 13.5. The van der Waals surface area contributed by atoms with E-state index < -0.39 is 0 Å². The Kier molecular flexibility index (Phi) is 13.4. The first kappa shape index (κ1) is 18.0. The molecule has 1 unspecified atom stereocenters. The fourth-order valence-electron chi connectivity index (χ4n) is 2.67. The molecule has 0 heterocycles. The summed E-state index contributed by atoms with van der Waals surface area (Å²) in [5, 5.41) is 0. The molecule has 0 rings (SSSR count). The van der Waals surface area contributed by atoms with Crippen LogP contribution in [0.4, 0.5) is 0 Å². The number of hydrogen-bond acceptors (Lipinski definition) is 1. The first-order valence-electron chi connectivity index (χ1n) is 8.35. The van der Waals surface area contributed by atoms with Gasteiger partial charge in [0.05, 0.1) is 0 Å². The molecule has 0 radical (unpaired) electrons. The van der Waals surface area contributed by atoms with Gasteiger partial charge in [0.1, 0.15) is 0 Å². The van der Waals surface area contributed by atoms with Crippen molar-refractivity contribution >= 4 is 0 Å². The Balaban J connectivity index is 3.69. The molecule has 1 atom stereocenters. The summed E-state index contributed by atoms with van der Waals surface area (Å²) in [5.74, 6) is 1.01. The van der Waals surface area contributed by atoms with Crippen LogP contribution in [0.15, 0.2) is 0 Å². The van der Waals surface area contributed by atoms with Crippen LogP contribution < -0.4 is 0 Å². The highest BCUT2D eigenvalue weighted by Crippen LogP contribution is 2.22. The lowest BCUT2D eigenvalue weighted by Crippen LogP contribution is -2.14. The predicted octanol–water partition coefficient (Wildman–Crippen LogP) is 5.50. The molecule has 110 valence electrons. The minimum atomic E-state index is 1.01. The molecule has 0 amide bonds. The highest BCUT2D eigenvalue weighted by Gasteiger charge is 2.08. The molecule has 0 aromatic heterocycles. The molecular weight excluding hydrogens is 218 g/mol. The van der Waals surface area contributed by atoms with Crippen LogP contribution in [0.2, 0.25) is 0 Å². The number of unbranched alkanes of at least 4 members (excludes halogenated alkanes) is 5. The summed E-state index contributed by atoms with van der Waals surface area (Å²) in [6, 6.07) is 0. The molecule has 0 bridgehead atoms. The van der Waals surface area contributed by atoms with E-state index in [9.17, 15) is 0 Å². The van der Waals surface area contributed by atoms with Gasteiger partial charge in [0.15, 0.2) is 0 Å². The van der Waals surface area contributed by atoms with Crippen molar-refractivity contribution in [2.75, 3.05) is 20.6 Å². The van der Waals surface area contributed by atoms with Crippen LogP contribution in [-0.2, 0) is 0 Å². The zero-order chi connectivity index (χ0) is 13.6. The third-order valence-electron chi connectivity index (χ3n) is 3.90. The summed E-state index contributed by atoms with van der Waals surface area (Å²) in [5.41, 5.74) is 0. The van der Waals surface area contributed by atoms with Crippen LogP contribution in [-0.4, -0.2) is 25.5 Å². The van der Waals surface area contributed by atoms with Gasteiger partial charge in [-0.3, -0.25) is 0 Å². The molecule has 0 N–H and O–H groups in total. The molecule has 0 spiro atoms. The minimum absolute atomic E-state index is 1.01. The van der Waals surface area contributed by atoms with Crippen molar-refractivity contribution in [3.8, 4) is 0 Å². The topological polar surface area (TPSA) is 3.24 Å². The van der Waals surface area contributed by atoms with Gasteiger partial charge in [-0.25, -0.2) is 0 Å². The Morgan fingerprint density at radius 3 is 1.72 bits per heavy atom. The van der Waals surface area contributed by atoms with Crippen LogP contribution in [0.1, 0.15) is 84.5 Å². The fourth-order valence-corrected chi connectivity index (χ4v) is 2.67. The maximum Gasteiger partial charge on any atom is -0.00247 e. The van der Waals surface area contributed by atoms with E-state index in [1.165, 1.54) is 77.2 Å². The van der Waals surface area contributed by atoms with Gasteiger partial charge >= 0.3 is 0 Å². The molecule has 0 saturated carbocycles. The molecule has 0 aromatic rings. The molecule has 0 aromatic carbocycles. The third kappa shape index (κ3) is 12.4. The van der Waals surface area contributed by atoms with E-state index in [-0.39, 0.29) is 0 Å². The SMILES string of the molecule is CCCCCCC(CCCCC)CCCN(C)C. The fraction of sp³-hybridized carbons (Fsp3) is 1.00. The van der Waals surface area contributed by atoms with Gasteiger partial charge in [-0.05, 0) is 39.4 Å². The highest BCUT2D eigenvalue weighted by atomic mass is 15.0. The lowest BCUT2D eigenvalue weighted by Gasteiger charge is -2.18. The standard InChI is InChI=1S/C17H37N/c1-5-7-9-11-14-17(13-10-8-6-2)15-12-16-18(3)4/h17H,5-16H2,1-4H3. The summed E-state index contributed by atoms with van der Waals surface area (Å²) < 4.78 is 0. The largest absolute Gasteiger partial charge is 0.309 e. The second kappa shape index (κ2) is 13.4. The first-order valence-corrected chi connectivity index (χ1v) is 8.35. The summed E-state index contributed by atoms with van der Waals surface area (Å²) in [6.07, 6.45) is 15.8. The van der Waals surface area contributed by atoms with Gasteiger partial charge in [-0.15, -0.1) is 0 Å². The summed E-state index contributed by atoms with van der Waals surface area (Å²) >= 11 is 0. The quantitative estimate of drug-likeness (QED) is 0.393. The minimum Gasteiger partial charge on any atom is -0.309 e. The van der Waals surface area contributed by atoms with Gasteiger partial charge in [-0.1, -0.05) is 71.6 Å². The summed E-state index contributed by atoms with van der Waals surface area (Å²) in [4.78, 5) is 2.32. The average molecular weight is 255 g/mol.